The molecule has 5 nitrogen and oxygen atoms in total. The highest BCUT2D eigenvalue weighted by Gasteiger charge is 2.47. The van der Waals surface area contributed by atoms with Gasteiger partial charge in [-0.3, -0.25) is 13.8 Å². The molecule has 18 heavy (non-hydrogen) atoms. The molecular formula is C12H20N2O3S. The van der Waals surface area contributed by atoms with Crippen LogP contribution in [0.5, 0.6) is 0 Å². The summed E-state index contributed by atoms with van der Waals surface area (Å²) in [6.07, 6.45) is 3.46. The first-order valence-corrected chi connectivity index (χ1v) is 8.01. The fourth-order valence-electron chi connectivity index (χ4n) is 2.76. The monoisotopic (exact) mass is 272 g/mol. The van der Waals surface area contributed by atoms with Gasteiger partial charge >= 0.3 is 0 Å². The second-order valence-electron chi connectivity index (χ2n) is 5.00. The molecule has 0 aromatic carbocycles. The van der Waals surface area contributed by atoms with Crippen molar-refractivity contribution in [2.24, 2.45) is 0 Å². The van der Waals surface area contributed by atoms with Crippen molar-refractivity contribution in [3.63, 3.8) is 0 Å². The first-order valence-electron chi connectivity index (χ1n) is 6.53. The lowest BCUT2D eigenvalue weighted by atomic mass is 9.93. The normalized spacial score (nSPS) is 24.4. The minimum absolute atomic E-state index is 0.0210. The predicted octanol–water partition coefficient (Wildman–Crippen LogP) is 0.0262. The van der Waals surface area contributed by atoms with Crippen LogP contribution in [0.1, 0.15) is 32.6 Å². The Labute approximate surface area is 110 Å². The van der Waals surface area contributed by atoms with E-state index in [0.29, 0.717) is 18.1 Å². The number of hydrogen-bond donors (Lipinski definition) is 1. The van der Waals surface area contributed by atoms with Crippen molar-refractivity contribution in [1.82, 2.24) is 10.2 Å². The van der Waals surface area contributed by atoms with Gasteiger partial charge in [0.2, 0.25) is 11.8 Å². The lowest BCUT2D eigenvalue weighted by molar-refractivity contribution is -0.149. The van der Waals surface area contributed by atoms with Crippen LogP contribution >= 0.6 is 0 Å². The van der Waals surface area contributed by atoms with Gasteiger partial charge in [0.1, 0.15) is 5.54 Å². The lowest BCUT2D eigenvalue weighted by Gasteiger charge is -2.39. The Kier molecular flexibility index (Phi) is 4.04. The van der Waals surface area contributed by atoms with Gasteiger partial charge in [0.05, 0.1) is 6.54 Å². The van der Waals surface area contributed by atoms with E-state index in [1.807, 2.05) is 6.92 Å². The largest absolute Gasteiger partial charge is 0.340 e. The maximum Gasteiger partial charge on any atom is 0.248 e. The summed E-state index contributed by atoms with van der Waals surface area (Å²) in [6.45, 7) is 2.40. The first kappa shape index (κ1) is 13.5. The van der Waals surface area contributed by atoms with E-state index in [2.05, 4.69) is 5.32 Å². The topological polar surface area (TPSA) is 66.5 Å². The zero-order valence-electron chi connectivity index (χ0n) is 10.7. The molecule has 1 aliphatic carbocycles. The highest BCUT2D eigenvalue weighted by molar-refractivity contribution is 7.84. The third-order valence-corrected chi connectivity index (χ3v) is 5.06. The van der Waals surface area contributed by atoms with E-state index in [-0.39, 0.29) is 18.4 Å². The van der Waals surface area contributed by atoms with Gasteiger partial charge in [-0.15, -0.1) is 0 Å². The Morgan fingerprint density at radius 1 is 1.33 bits per heavy atom. The van der Waals surface area contributed by atoms with E-state index in [4.69, 9.17) is 0 Å². The predicted molar refractivity (Wildman–Crippen MR) is 69.5 cm³/mol. The Bertz CT molecular complexity index is 378. The maximum absolute atomic E-state index is 12.4. The molecule has 2 aliphatic rings. The van der Waals surface area contributed by atoms with Crippen molar-refractivity contribution in [3.8, 4) is 0 Å². The zero-order chi connectivity index (χ0) is 13.2. The number of amides is 2. The van der Waals surface area contributed by atoms with Crippen LogP contribution in [-0.4, -0.2) is 51.1 Å². The van der Waals surface area contributed by atoms with Crippen LogP contribution < -0.4 is 5.32 Å². The molecule has 1 heterocycles. The molecule has 0 aromatic rings. The van der Waals surface area contributed by atoms with Crippen molar-refractivity contribution in [2.45, 2.75) is 38.1 Å². The fraction of sp³-hybridized carbons (Fsp3) is 0.833. The van der Waals surface area contributed by atoms with E-state index >= 15 is 0 Å². The summed E-state index contributed by atoms with van der Waals surface area (Å²) in [4.78, 5) is 25.7. The molecule has 1 saturated heterocycles. The van der Waals surface area contributed by atoms with Gasteiger partial charge in [0.25, 0.3) is 0 Å². The lowest BCUT2D eigenvalue weighted by Crippen LogP contribution is -2.65. The van der Waals surface area contributed by atoms with Gasteiger partial charge < -0.3 is 10.2 Å². The van der Waals surface area contributed by atoms with Crippen LogP contribution in [0.4, 0.5) is 0 Å². The standard InChI is InChI=1S/C12H20N2O3S/c1-2-18(17)8-7-14-9-10(15)13-12(11(14)16)5-3-4-6-12/h2-9H2,1H3,(H,13,15). The molecule has 0 bridgehead atoms. The van der Waals surface area contributed by atoms with Crippen LogP contribution in [-0.2, 0) is 20.4 Å². The number of carbonyl (C=O) groups excluding carboxylic acids is 2. The van der Waals surface area contributed by atoms with Gasteiger partial charge in [-0.25, -0.2) is 0 Å². The fourth-order valence-corrected chi connectivity index (χ4v) is 3.47. The van der Waals surface area contributed by atoms with Crippen LogP contribution in [0.3, 0.4) is 0 Å². The molecule has 2 rings (SSSR count). The molecule has 1 spiro atoms. The highest BCUT2D eigenvalue weighted by atomic mass is 32.2. The molecule has 0 aromatic heterocycles. The molecule has 1 atom stereocenters. The third kappa shape index (κ3) is 2.58. The van der Waals surface area contributed by atoms with Gasteiger partial charge in [-0.1, -0.05) is 19.8 Å². The van der Waals surface area contributed by atoms with Crippen LogP contribution in [0, 0.1) is 0 Å². The second kappa shape index (κ2) is 5.38. The average molecular weight is 272 g/mol. The highest BCUT2D eigenvalue weighted by Crippen LogP contribution is 2.33. The summed E-state index contributed by atoms with van der Waals surface area (Å²) < 4.78 is 11.4. The van der Waals surface area contributed by atoms with Crippen molar-refractivity contribution in [2.75, 3.05) is 24.6 Å². The first-order chi connectivity index (χ1) is 8.57. The van der Waals surface area contributed by atoms with Crippen molar-refractivity contribution in [1.29, 1.82) is 0 Å². The number of piperazine rings is 1. The number of carbonyl (C=O) groups is 2. The number of rotatable bonds is 4. The summed E-state index contributed by atoms with van der Waals surface area (Å²) in [7, 11) is -0.894. The van der Waals surface area contributed by atoms with Crippen molar-refractivity contribution < 1.29 is 13.8 Å². The SMILES string of the molecule is CCS(=O)CCN1CC(=O)NC2(CCCC2)C1=O. The quantitative estimate of drug-likeness (QED) is 0.785. The summed E-state index contributed by atoms with van der Waals surface area (Å²) in [6, 6.07) is 0. The van der Waals surface area contributed by atoms with E-state index in [0.717, 1.165) is 25.7 Å². The Morgan fingerprint density at radius 2 is 2.00 bits per heavy atom. The Morgan fingerprint density at radius 3 is 2.61 bits per heavy atom. The Balaban J connectivity index is 2.04. The molecular weight excluding hydrogens is 252 g/mol. The summed E-state index contributed by atoms with van der Waals surface area (Å²) in [5, 5.41) is 2.87. The summed E-state index contributed by atoms with van der Waals surface area (Å²) >= 11 is 0. The average Bonchev–Trinajstić information content (AvgIpc) is 2.81. The molecule has 2 fully saturated rings. The second-order valence-corrected chi connectivity index (χ2v) is 6.86. The van der Waals surface area contributed by atoms with E-state index < -0.39 is 16.3 Å². The van der Waals surface area contributed by atoms with Crippen molar-refractivity contribution >= 4 is 22.6 Å². The van der Waals surface area contributed by atoms with Crippen LogP contribution in [0.25, 0.3) is 0 Å². The molecule has 1 unspecified atom stereocenters. The van der Waals surface area contributed by atoms with Gasteiger partial charge in [-0.05, 0) is 12.8 Å². The minimum Gasteiger partial charge on any atom is -0.340 e. The van der Waals surface area contributed by atoms with Gasteiger partial charge in [0.15, 0.2) is 0 Å². The summed E-state index contributed by atoms with van der Waals surface area (Å²) in [5.41, 5.74) is -0.650. The number of nitrogens with one attached hydrogen (secondary N) is 1. The summed E-state index contributed by atoms with van der Waals surface area (Å²) in [5.74, 6) is 0.997. The van der Waals surface area contributed by atoms with Gasteiger partial charge in [-0.2, -0.15) is 0 Å². The maximum atomic E-state index is 12.4. The van der Waals surface area contributed by atoms with Crippen molar-refractivity contribution in [3.05, 3.63) is 0 Å². The molecule has 1 aliphatic heterocycles. The van der Waals surface area contributed by atoms with E-state index in [1.165, 1.54) is 0 Å². The molecule has 2 amide bonds. The minimum atomic E-state index is -0.894. The van der Waals surface area contributed by atoms with Crippen LogP contribution in [0.2, 0.25) is 0 Å². The van der Waals surface area contributed by atoms with E-state index in [1.54, 1.807) is 4.90 Å². The molecule has 1 N–H and O–H groups in total. The Hall–Kier alpha value is -0.910. The third-order valence-electron chi connectivity index (χ3n) is 3.78. The van der Waals surface area contributed by atoms with E-state index in [9.17, 15) is 13.8 Å². The smallest absolute Gasteiger partial charge is 0.248 e. The van der Waals surface area contributed by atoms with Crippen LogP contribution in [0.15, 0.2) is 0 Å². The number of nitrogens with zero attached hydrogens (tertiary/aromatic N) is 1. The molecule has 102 valence electrons. The molecule has 1 saturated carbocycles. The van der Waals surface area contributed by atoms with Gasteiger partial charge in [0, 0.05) is 28.9 Å². The molecule has 6 heteroatoms. The number of hydrogen-bond acceptors (Lipinski definition) is 3. The zero-order valence-corrected chi connectivity index (χ0v) is 11.6. The molecule has 0 radical (unpaired) electrons.